The lowest BCUT2D eigenvalue weighted by Crippen LogP contribution is -2.25. The third-order valence-electron chi connectivity index (χ3n) is 7.08. The number of alkyl halides is 3. The molecule has 2 saturated carbocycles. The minimum Gasteiger partial charge on any atom is -0.378 e. The van der Waals surface area contributed by atoms with Crippen molar-refractivity contribution in [3.8, 4) is 6.07 Å². The second-order valence-corrected chi connectivity index (χ2v) is 9.31. The van der Waals surface area contributed by atoms with Crippen molar-refractivity contribution in [2.75, 3.05) is 6.61 Å². The minimum absolute atomic E-state index is 0.296. The fourth-order valence-electron chi connectivity index (χ4n) is 5.07. The molecule has 0 amide bonds. The van der Waals surface area contributed by atoms with Crippen LogP contribution in [0, 0.1) is 23.2 Å². The summed E-state index contributed by atoms with van der Waals surface area (Å²) in [5.41, 5.74) is 0.447. The molecule has 0 aromatic heterocycles. The van der Waals surface area contributed by atoms with Gasteiger partial charge < -0.3 is 4.74 Å². The number of halogens is 3. The topological polar surface area (TPSA) is 33.0 Å². The molecule has 0 aliphatic heterocycles. The zero-order chi connectivity index (χ0) is 22.8. The molecule has 32 heavy (non-hydrogen) atoms. The molecular weight excluding hydrogens is 411 g/mol. The van der Waals surface area contributed by atoms with Crippen LogP contribution in [0.25, 0.3) is 0 Å². The van der Waals surface area contributed by atoms with Gasteiger partial charge in [-0.05, 0) is 86.8 Å². The fourth-order valence-corrected chi connectivity index (χ4v) is 5.07. The first-order valence-electron chi connectivity index (χ1n) is 12.0. The second kappa shape index (κ2) is 12.3. The van der Waals surface area contributed by atoms with Gasteiger partial charge in [0.25, 0.3) is 0 Å². The summed E-state index contributed by atoms with van der Waals surface area (Å²) in [6, 6.07) is 7.69. The third kappa shape index (κ3) is 7.81. The molecule has 0 atom stereocenters. The van der Waals surface area contributed by atoms with Crippen molar-refractivity contribution in [3.05, 3.63) is 59.7 Å². The molecule has 0 N–H and O–H groups in total. The predicted molar refractivity (Wildman–Crippen MR) is 121 cm³/mol. The highest BCUT2D eigenvalue weighted by atomic mass is 19.4. The Balaban J connectivity index is 1.30. The average Bonchev–Trinajstić information content (AvgIpc) is 2.81. The van der Waals surface area contributed by atoms with Gasteiger partial charge in [-0.2, -0.15) is 18.4 Å². The molecule has 0 unspecified atom stereocenters. The Morgan fingerprint density at radius 2 is 1.56 bits per heavy atom. The van der Waals surface area contributed by atoms with Gasteiger partial charge in [0.2, 0.25) is 0 Å². The molecular formula is C27H34F3NO. The number of benzene rings is 1. The van der Waals surface area contributed by atoms with Crippen LogP contribution in [-0.4, -0.2) is 12.7 Å². The first kappa shape index (κ1) is 24.6. The highest BCUT2D eigenvalue weighted by molar-refractivity contribution is 5.27. The fraction of sp³-hybridized carbons (Fsp3) is 0.593. The van der Waals surface area contributed by atoms with E-state index in [1.165, 1.54) is 50.3 Å². The van der Waals surface area contributed by atoms with Gasteiger partial charge in [-0.3, -0.25) is 0 Å². The van der Waals surface area contributed by atoms with Crippen LogP contribution in [0.3, 0.4) is 0 Å². The van der Waals surface area contributed by atoms with Gasteiger partial charge >= 0.3 is 6.18 Å². The van der Waals surface area contributed by atoms with E-state index in [4.69, 9.17) is 10.00 Å². The van der Waals surface area contributed by atoms with Crippen LogP contribution < -0.4 is 0 Å². The molecule has 2 aliphatic rings. The summed E-state index contributed by atoms with van der Waals surface area (Å²) in [6.45, 7) is 0.848. The highest BCUT2D eigenvalue weighted by Gasteiger charge is 2.31. The van der Waals surface area contributed by atoms with E-state index >= 15 is 0 Å². The zero-order valence-corrected chi connectivity index (χ0v) is 18.7. The Morgan fingerprint density at radius 1 is 0.906 bits per heavy atom. The maximum atomic E-state index is 12.7. The van der Waals surface area contributed by atoms with E-state index in [1.54, 1.807) is 18.2 Å². The van der Waals surface area contributed by atoms with E-state index in [2.05, 4.69) is 6.08 Å². The standard InChI is InChI=1S/C27H34F3NO/c28-27(29,30)25-15-11-23(12-16-25)24-13-17-26(18-14-24)32-20-22-9-7-21(8-10-22)6-4-2-1-3-5-19-31/h1-3,5,11-12,15-16,21-22,24,26H,4,6-10,13-14,17-18,20H2. The lowest BCUT2D eigenvalue weighted by molar-refractivity contribution is -0.137. The molecule has 1 aromatic carbocycles. The number of ether oxygens (including phenoxy) is 1. The number of hydrogen-bond donors (Lipinski definition) is 0. The maximum absolute atomic E-state index is 12.7. The molecule has 0 saturated heterocycles. The number of nitrogens with zero attached hydrogens (tertiary/aromatic N) is 1. The molecule has 2 nitrogen and oxygen atoms in total. The summed E-state index contributed by atoms with van der Waals surface area (Å²) in [6.07, 6.45) is 14.7. The van der Waals surface area contributed by atoms with Gasteiger partial charge in [-0.15, -0.1) is 0 Å². The smallest absolute Gasteiger partial charge is 0.378 e. The van der Waals surface area contributed by atoms with E-state index in [9.17, 15) is 13.2 Å². The number of allylic oxidation sites excluding steroid dienone is 4. The molecule has 0 bridgehead atoms. The van der Waals surface area contributed by atoms with Gasteiger partial charge in [-0.25, -0.2) is 0 Å². The van der Waals surface area contributed by atoms with Crippen LogP contribution in [0.5, 0.6) is 0 Å². The van der Waals surface area contributed by atoms with Gasteiger partial charge in [0.05, 0.1) is 17.7 Å². The largest absolute Gasteiger partial charge is 0.416 e. The summed E-state index contributed by atoms with van der Waals surface area (Å²) in [5, 5.41) is 8.46. The summed E-state index contributed by atoms with van der Waals surface area (Å²) in [4.78, 5) is 0. The lowest BCUT2D eigenvalue weighted by atomic mass is 9.80. The first-order chi connectivity index (χ1) is 15.5. The van der Waals surface area contributed by atoms with E-state index in [1.807, 2.05) is 12.1 Å². The summed E-state index contributed by atoms with van der Waals surface area (Å²) < 4.78 is 44.5. The van der Waals surface area contributed by atoms with Crippen LogP contribution in [0.1, 0.15) is 81.3 Å². The summed E-state index contributed by atoms with van der Waals surface area (Å²) in [7, 11) is 0. The molecule has 3 rings (SSSR count). The van der Waals surface area contributed by atoms with Crippen LogP contribution in [-0.2, 0) is 10.9 Å². The molecule has 5 heteroatoms. The van der Waals surface area contributed by atoms with E-state index in [0.29, 0.717) is 17.9 Å². The Kier molecular flexibility index (Phi) is 9.41. The monoisotopic (exact) mass is 445 g/mol. The predicted octanol–water partition coefficient (Wildman–Crippen LogP) is 7.97. The van der Waals surface area contributed by atoms with Gasteiger partial charge in [0.1, 0.15) is 0 Å². The van der Waals surface area contributed by atoms with Crippen LogP contribution in [0.2, 0.25) is 0 Å². The van der Waals surface area contributed by atoms with Crippen molar-refractivity contribution < 1.29 is 17.9 Å². The first-order valence-corrected chi connectivity index (χ1v) is 12.0. The van der Waals surface area contributed by atoms with E-state index in [-0.39, 0.29) is 0 Å². The Bertz CT molecular complexity index is 775. The van der Waals surface area contributed by atoms with Gasteiger partial charge in [0.15, 0.2) is 0 Å². The molecule has 174 valence electrons. The van der Waals surface area contributed by atoms with Crippen molar-refractivity contribution in [3.63, 3.8) is 0 Å². The van der Waals surface area contributed by atoms with E-state index < -0.39 is 11.7 Å². The SMILES string of the molecule is N#CC=CC=CCCC1CCC(COC2CCC(c3ccc(C(F)(F)F)cc3)CC2)CC1. The lowest BCUT2D eigenvalue weighted by Gasteiger charge is -2.32. The normalized spacial score (nSPS) is 27.1. The number of rotatable bonds is 8. The van der Waals surface area contributed by atoms with E-state index in [0.717, 1.165) is 50.2 Å². The Morgan fingerprint density at radius 3 is 2.19 bits per heavy atom. The molecule has 2 aliphatic carbocycles. The van der Waals surface area contributed by atoms with Crippen molar-refractivity contribution in [1.29, 1.82) is 5.26 Å². The van der Waals surface area contributed by atoms with Crippen molar-refractivity contribution in [2.45, 2.75) is 82.4 Å². The van der Waals surface area contributed by atoms with Crippen molar-refractivity contribution in [2.24, 2.45) is 11.8 Å². The van der Waals surface area contributed by atoms with Crippen molar-refractivity contribution >= 4 is 0 Å². The van der Waals surface area contributed by atoms with Crippen LogP contribution in [0.4, 0.5) is 13.2 Å². The quantitative estimate of drug-likeness (QED) is 0.300. The maximum Gasteiger partial charge on any atom is 0.416 e. The van der Waals surface area contributed by atoms with Crippen LogP contribution >= 0.6 is 0 Å². The molecule has 0 spiro atoms. The molecule has 0 radical (unpaired) electrons. The molecule has 0 heterocycles. The second-order valence-electron chi connectivity index (χ2n) is 9.31. The minimum atomic E-state index is -4.27. The Hall–Kier alpha value is -2.06. The third-order valence-corrected chi connectivity index (χ3v) is 7.08. The average molecular weight is 446 g/mol. The van der Waals surface area contributed by atoms with Crippen LogP contribution in [0.15, 0.2) is 48.6 Å². The summed E-state index contributed by atoms with van der Waals surface area (Å²) in [5.74, 6) is 1.81. The molecule has 2 fully saturated rings. The number of nitriles is 1. The zero-order valence-electron chi connectivity index (χ0n) is 18.7. The Labute approximate surface area is 190 Å². The van der Waals surface area contributed by atoms with Gasteiger partial charge in [0, 0.05) is 12.7 Å². The van der Waals surface area contributed by atoms with Crippen molar-refractivity contribution in [1.82, 2.24) is 0 Å². The van der Waals surface area contributed by atoms with Gasteiger partial charge in [-0.1, -0.05) is 43.2 Å². The molecule has 1 aromatic rings. The highest BCUT2D eigenvalue weighted by Crippen LogP contribution is 2.37. The number of hydrogen-bond acceptors (Lipinski definition) is 2. The summed E-state index contributed by atoms with van der Waals surface area (Å²) >= 11 is 0.